The minimum atomic E-state index is -0.482. The molecular weight excluding hydrogens is 252 g/mol. The van der Waals surface area contributed by atoms with Gasteiger partial charge in [0.15, 0.2) is 0 Å². The third kappa shape index (κ3) is 2.64. The Bertz CT molecular complexity index is 525. The van der Waals surface area contributed by atoms with Gasteiger partial charge in [0.25, 0.3) is 5.91 Å². The molecule has 1 aliphatic rings. The van der Waals surface area contributed by atoms with Crippen LogP contribution in [0.5, 0.6) is 0 Å². The number of hydrogen-bond donors (Lipinski definition) is 3. The van der Waals surface area contributed by atoms with Crippen molar-refractivity contribution in [1.29, 1.82) is 0 Å². The number of piperazine rings is 1. The van der Waals surface area contributed by atoms with Crippen molar-refractivity contribution in [3.63, 3.8) is 0 Å². The molecule has 0 bridgehead atoms. The second-order valence-corrected chi connectivity index (χ2v) is 4.22. The van der Waals surface area contributed by atoms with Crippen molar-refractivity contribution in [1.82, 2.24) is 15.6 Å². The third-order valence-corrected chi connectivity index (χ3v) is 3.00. The minimum absolute atomic E-state index is 0.0668. The minimum Gasteiger partial charge on any atom is -0.467 e. The van der Waals surface area contributed by atoms with E-state index in [1.165, 1.54) is 12.3 Å². The molecule has 1 atom stereocenters. The van der Waals surface area contributed by atoms with Gasteiger partial charge in [-0.1, -0.05) is 0 Å². The first-order valence-corrected chi connectivity index (χ1v) is 5.68. The molecule has 1 unspecified atom stereocenters. The van der Waals surface area contributed by atoms with Gasteiger partial charge < -0.3 is 4.42 Å². The fraction of sp³-hybridized carbons (Fsp3) is 0.364. The number of amides is 3. The van der Waals surface area contributed by atoms with Crippen molar-refractivity contribution in [3.05, 3.63) is 23.7 Å². The van der Waals surface area contributed by atoms with Crippen LogP contribution in [0.25, 0.3) is 0 Å². The number of hydrogen-bond acceptors (Lipinski definition) is 6. The highest BCUT2D eigenvalue weighted by atomic mass is 16.3. The Balaban J connectivity index is 2.16. The number of furan rings is 1. The van der Waals surface area contributed by atoms with Crippen LogP contribution in [0.15, 0.2) is 16.7 Å². The summed E-state index contributed by atoms with van der Waals surface area (Å²) < 4.78 is 5.21. The summed E-state index contributed by atoms with van der Waals surface area (Å²) >= 11 is 0. The van der Waals surface area contributed by atoms with Crippen LogP contribution in [-0.2, 0) is 16.1 Å². The number of nitrogens with zero attached hydrogens (tertiary/aromatic N) is 1. The first-order valence-electron chi connectivity index (χ1n) is 5.68. The standard InChI is InChI=1S/C11H14N4O4/c1-6-10(17)13-9(16)5-15(6)4-8-7(2-3-19-8)11(18)14-12/h2-3,6H,4-5,12H2,1H3,(H,14,18)(H,13,16,17). The van der Waals surface area contributed by atoms with Gasteiger partial charge in [0.05, 0.1) is 31.0 Å². The number of nitrogen functional groups attached to an aromatic ring is 1. The number of carbonyl (C=O) groups is 3. The maximum atomic E-state index is 11.5. The maximum Gasteiger partial charge on any atom is 0.268 e. The van der Waals surface area contributed by atoms with E-state index in [2.05, 4.69) is 5.32 Å². The van der Waals surface area contributed by atoms with E-state index < -0.39 is 11.9 Å². The zero-order valence-corrected chi connectivity index (χ0v) is 10.3. The zero-order valence-electron chi connectivity index (χ0n) is 10.3. The molecule has 1 aromatic heterocycles. The van der Waals surface area contributed by atoms with E-state index in [-0.39, 0.29) is 30.5 Å². The van der Waals surface area contributed by atoms with Gasteiger partial charge in [0.1, 0.15) is 5.76 Å². The molecule has 0 aromatic carbocycles. The Morgan fingerprint density at radius 3 is 3.05 bits per heavy atom. The molecule has 3 amide bonds. The van der Waals surface area contributed by atoms with Crippen LogP contribution in [0.3, 0.4) is 0 Å². The van der Waals surface area contributed by atoms with Gasteiger partial charge in [-0.05, 0) is 13.0 Å². The summed E-state index contributed by atoms with van der Waals surface area (Å²) in [5.74, 6) is 4.20. The van der Waals surface area contributed by atoms with E-state index in [4.69, 9.17) is 10.3 Å². The van der Waals surface area contributed by atoms with Crippen LogP contribution >= 0.6 is 0 Å². The van der Waals surface area contributed by atoms with Crippen LogP contribution in [0.2, 0.25) is 0 Å². The first kappa shape index (κ1) is 13.2. The quantitative estimate of drug-likeness (QED) is 0.272. The number of carbonyl (C=O) groups excluding carboxylic acids is 3. The lowest BCUT2D eigenvalue weighted by Gasteiger charge is -2.30. The molecule has 102 valence electrons. The molecule has 8 nitrogen and oxygen atoms in total. The Morgan fingerprint density at radius 2 is 2.37 bits per heavy atom. The third-order valence-electron chi connectivity index (χ3n) is 3.00. The maximum absolute atomic E-state index is 11.5. The van der Waals surface area contributed by atoms with Crippen molar-refractivity contribution in [3.8, 4) is 0 Å². The average molecular weight is 266 g/mol. The highest BCUT2D eigenvalue weighted by Crippen LogP contribution is 2.16. The second-order valence-electron chi connectivity index (χ2n) is 4.22. The van der Waals surface area contributed by atoms with E-state index in [1.54, 1.807) is 11.8 Å². The Hall–Kier alpha value is -2.19. The molecule has 4 N–H and O–H groups in total. The first-order chi connectivity index (χ1) is 9.02. The molecule has 19 heavy (non-hydrogen) atoms. The van der Waals surface area contributed by atoms with Gasteiger partial charge in [-0.15, -0.1) is 0 Å². The highest BCUT2D eigenvalue weighted by Gasteiger charge is 2.31. The van der Waals surface area contributed by atoms with E-state index in [0.717, 1.165) is 0 Å². The van der Waals surface area contributed by atoms with E-state index >= 15 is 0 Å². The summed E-state index contributed by atoms with van der Waals surface area (Å²) in [6.45, 7) is 1.92. The summed E-state index contributed by atoms with van der Waals surface area (Å²) in [7, 11) is 0. The van der Waals surface area contributed by atoms with Crippen LogP contribution in [0.4, 0.5) is 0 Å². The van der Waals surface area contributed by atoms with Gasteiger partial charge in [-0.3, -0.25) is 30.0 Å². The van der Waals surface area contributed by atoms with Crippen molar-refractivity contribution in [2.45, 2.75) is 19.5 Å². The van der Waals surface area contributed by atoms with Gasteiger partial charge >= 0.3 is 0 Å². The van der Waals surface area contributed by atoms with Gasteiger partial charge in [-0.2, -0.15) is 0 Å². The molecule has 0 aliphatic carbocycles. The molecule has 2 heterocycles. The highest BCUT2D eigenvalue weighted by molar-refractivity contribution is 6.01. The molecule has 1 aromatic rings. The number of nitrogens with two attached hydrogens (primary N) is 1. The van der Waals surface area contributed by atoms with E-state index in [0.29, 0.717) is 5.76 Å². The Labute approximate surface area is 108 Å². The van der Waals surface area contributed by atoms with E-state index in [1.807, 2.05) is 5.43 Å². The predicted molar refractivity (Wildman–Crippen MR) is 63.4 cm³/mol. The predicted octanol–water partition coefficient (Wildman–Crippen LogP) is -1.27. The number of imide groups is 1. The molecule has 0 spiro atoms. The molecule has 2 rings (SSSR count). The zero-order chi connectivity index (χ0) is 14.0. The lowest BCUT2D eigenvalue weighted by molar-refractivity contribution is -0.139. The van der Waals surface area contributed by atoms with Crippen molar-refractivity contribution < 1.29 is 18.8 Å². The van der Waals surface area contributed by atoms with Gasteiger partial charge in [0, 0.05) is 0 Å². The van der Waals surface area contributed by atoms with E-state index in [9.17, 15) is 14.4 Å². The molecule has 1 fully saturated rings. The van der Waals surface area contributed by atoms with Crippen LogP contribution in [0.1, 0.15) is 23.0 Å². The van der Waals surface area contributed by atoms with Crippen LogP contribution < -0.4 is 16.6 Å². The summed E-state index contributed by atoms with van der Waals surface area (Å²) in [4.78, 5) is 35.9. The summed E-state index contributed by atoms with van der Waals surface area (Å²) in [5, 5.41) is 2.24. The average Bonchev–Trinajstić information content (AvgIpc) is 2.82. The molecule has 0 saturated carbocycles. The van der Waals surface area contributed by atoms with Crippen molar-refractivity contribution in [2.75, 3.05) is 6.54 Å². The molecule has 8 heteroatoms. The topological polar surface area (TPSA) is 118 Å². The lowest BCUT2D eigenvalue weighted by atomic mass is 10.1. The van der Waals surface area contributed by atoms with Crippen molar-refractivity contribution >= 4 is 17.7 Å². The number of hydrazine groups is 1. The smallest absolute Gasteiger partial charge is 0.268 e. The SMILES string of the molecule is CC1C(=O)NC(=O)CN1Cc1occc1C(=O)NN. The Morgan fingerprint density at radius 1 is 1.63 bits per heavy atom. The molecule has 1 saturated heterocycles. The normalized spacial score (nSPS) is 20.2. The monoisotopic (exact) mass is 266 g/mol. The lowest BCUT2D eigenvalue weighted by Crippen LogP contribution is -2.56. The Kier molecular flexibility index (Phi) is 3.63. The summed E-state index contributed by atoms with van der Waals surface area (Å²) in [5.41, 5.74) is 2.30. The summed E-state index contributed by atoms with van der Waals surface area (Å²) in [6.07, 6.45) is 1.36. The molecular formula is C11H14N4O4. The fourth-order valence-electron chi connectivity index (χ4n) is 1.89. The number of nitrogens with one attached hydrogen (secondary N) is 2. The van der Waals surface area contributed by atoms with Gasteiger partial charge in [-0.25, -0.2) is 5.84 Å². The fourth-order valence-corrected chi connectivity index (χ4v) is 1.89. The number of rotatable bonds is 3. The van der Waals surface area contributed by atoms with Crippen LogP contribution in [-0.4, -0.2) is 35.2 Å². The largest absolute Gasteiger partial charge is 0.467 e. The second kappa shape index (κ2) is 5.21. The summed E-state index contributed by atoms with van der Waals surface area (Å²) in [6, 6.07) is 1.00. The van der Waals surface area contributed by atoms with Gasteiger partial charge in [0.2, 0.25) is 11.8 Å². The molecule has 1 aliphatic heterocycles. The molecule has 0 radical (unpaired) electrons. The van der Waals surface area contributed by atoms with Crippen LogP contribution in [0, 0.1) is 0 Å². The van der Waals surface area contributed by atoms with Crippen molar-refractivity contribution in [2.24, 2.45) is 5.84 Å².